The van der Waals surface area contributed by atoms with E-state index in [1.54, 1.807) is 26.2 Å². The van der Waals surface area contributed by atoms with Gasteiger partial charge in [0.05, 0.1) is 18.1 Å². The molecule has 1 aromatic carbocycles. The number of rotatable bonds is 4. The van der Waals surface area contributed by atoms with Crippen molar-refractivity contribution in [2.24, 2.45) is 5.41 Å². The maximum absolute atomic E-state index is 12.3. The molecule has 0 heterocycles. The Kier molecular flexibility index (Phi) is 3.83. The molecule has 2 atom stereocenters. The van der Waals surface area contributed by atoms with E-state index in [1.807, 2.05) is 13.8 Å². The Morgan fingerprint density at radius 3 is 2.50 bits per heavy atom. The van der Waals surface area contributed by atoms with E-state index in [2.05, 4.69) is 4.72 Å². The summed E-state index contributed by atoms with van der Waals surface area (Å²) in [6.45, 7) is 5.51. The van der Waals surface area contributed by atoms with Crippen LogP contribution in [0.25, 0.3) is 0 Å². The minimum Gasteiger partial charge on any atom is -0.496 e. The summed E-state index contributed by atoms with van der Waals surface area (Å²) < 4.78 is 32.5. The monoisotopic (exact) mass is 299 g/mol. The third-order valence-corrected chi connectivity index (χ3v) is 5.66. The molecule has 2 unspecified atom stereocenters. The summed E-state index contributed by atoms with van der Waals surface area (Å²) in [5.74, 6) is 0.656. The van der Waals surface area contributed by atoms with Gasteiger partial charge < -0.3 is 9.84 Å². The molecule has 0 aliphatic heterocycles. The number of aliphatic hydroxyl groups is 1. The lowest BCUT2D eigenvalue weighted by Crippen LogP contribution is -2.61. The quantitative estimate of drug-likeness (QED) is 0.882. The lowest BCUT2D eigenvalue weighted by atomic mass is 9.65. The second kappa shape index (κ2) is 5.02. The van der Waals surface area contributed by atoms with Gasteiger partial charge in [0, 0.05) is 11.5 Å². The van der Waals surface area contributed by atoms with E-state index in [0.717, 1.165) is 5.56 Å². The molecule has 6 heteroatoms. The van der Waals surface area contributed by atoms with Crippen molar-refractivity contribution in [2.45, 2.75) is 44.2 Å². The summed E-state index contributed by atoms with van der Waals surface area (Å²) in [6.07, 6.45) is -0.0192. The van der Waals surface area contributed by atoms with Gasteiger partial charge in [0.25, 0.3) is 0 Å². The maximum atomic E-state index is 12.3. The predicted octanol–water partition coefficient (Wildman–Crippen LogP) is 1.44. The third kappa shape index (κ3) is 2.55. The zero-order chi connectivity index (χ0) is 15.1. The van der Waals surface area contributed by atoms with E-state index in [0.29, 0.717) is 12.2 Å². The van der Waals surface area contributed by atoms with Crippen molar-refractivity contribution in [3.05, 3.63) is 23.8 Å². The first-order valence-corrected chi connectivity index (χ1v) is 8.02. The first-order chi connectivity index (χ1) is 9.18. The molecule has 20 heavy (non-hydrogen) atoms. The van der Waals surface area contributed by atoms with E-state index in [1.165, 1.54) is 6.07 Å². The van der Waals surface area contributed by atoms with Gasteiger partial charge in [-0.05, 0) is 37.1 Å². The van der Waals surface area contributed by atoms with Gasteiger partial charge in [-0.3, -0.25) is 0 Å². The Morgan fingerprint density at radius 1 is 1.40 bits per heavy atom. The second-order valence-electron chi connectivity index (χ2n) is 5.88. The van der Waals surface area contributed by atoms with Crippen molar-refractivity contribution in [3.8, 4) is 5.75 Å². The zero-order valence-corrected chi connectivity index (χ0v) is 13.0. The van der Waals surface area contributed by atoms with E-state index >= 15 is 0 Å². The van der Waals surface area contributed by atoms with Crippen LogP contribution in [-0.2, 0) is 10.0 Å². The number of hydrogen-bond donors (Lipinski definition) is 2. The fourth-order valence-corrected chi connectivity index (χ4v) is 3.87. The van der Waals surface area contributed by atoms with Gasteiger partial charge in [0.2, 0.25) is 10.0 Å². The number of aryl methyl sites for hydroxylation is 1. The van der Waals surface area contributed by atoms with Crippen molar-refractivity contribution in [3.63, 3.8) is 0 Å². The standard InChI is InChI=1S/C14H21NO4S/c1-9-7-10(5-6-11(9)19-4)20(17,18)15-12-8-13(16)14(12,2)3/h5-7,12-13,15-16H,8H2,1-4H3. The van der Waals surface area contributed by atoms with Crippen molar-refractivity contribution in [2.75, 3.05) is 7.11 Å². The van der Waals surface area contributed by atoms with Crippen molar-refractivity contribution < 1.29 is 18.3 Å². The smallest absolute Gasteiger partial charge is 0.240 e. The SMILES string of the molecule is COc1ccc(S(=O)(=O)NC2CC(O)C2(C)C)cc1C. The van der Waals surface area contributed by atoms with Crippen LogP contribution in [-0.4, -0.2) is 32.8 Å². The molecule has 2 N–H and O–H groups in total. The summed E-state index contributed by atoms with van der Waals surface area (Å²) in [5, 5.41) is 9.67. The van der Waals surface area contributed by atoms with Gasteiger partial charge >= 0.3 is 0 Å². The predicted molar refractivity (Wildman–Crippen MR) is 76.2 cm³/mol. The Morgan fingerprint density at radius 2 is 2.05 bits per heavy atom. The molecule has 1 fully saturated rings. The lowest BCUT2D eigenvalue weighted by molar-refractivity contribution is -0.0645. The molecular formula is C14H21NO4S. The average molecular weight is 299 g/mol. The van der Waals surface area contributed by atoms with Gasteiger partial charge in [0.15, 0.2) is 0 Å². The van der Waals surface area contributed by atoms with Crippen LogP contribution in [0.5, 0.6) is 5.75 Å². The average Bonchev–Trinajstić information content (AvgIpc) is 2.38. The van der Waals surface area contributed by atoms with Crippen LogP contribution in [0, 0.1) is 12.3 Å². The van der Waals surface area contributed by atoms with Crippen molar-refractivity contribution in [1.82, 2.24) is 4.72 Å². The van der Waals surface area contributed by atoms with Crippen LogP contribution in [0.1, 0.15) is 25.8 Å². The number of aliphatic hydroxyl groups excluding tert-OH is 1. The third-order valence-electron chi connectivity index (χ3n) is 4.19. The second-order valence-corrected chi connectivity index (χ2v) is 7.59. The summed E-state index contributed by atoms with van der Waals surface area (Å²) in [5.41, 5.74) is 0.331. The van der Waals surface area contributed by atoms with Crippen LogP contribution in [0.4, 0.5) is 0 Å². The number of ether oxygens (including phenoxy) is 1. The first kappa shape index (κ1) is 15.3. The van der Waals surface area contributed by atoms with Crippen LogP contribution in [0.3, 0.4) is 0 Å². The maximum Gasteiger partial charge on any atom is 0.240 e. The van der Waals surface area contributed by atoms with Gasteiger partial charge in [-0.15, -0.1) is 0 Å². The minimum absolute atomic E-state index is 0.216. The van der Waals surface area contributed by atoms with Gasteiger partial charge in [-0.2, -0.15) is 0 Å². The van der Waals surface area contributed by atoms with E-state index in [9.17, 15) is 13.5 Å². The fourth-order valence-electron chi connectivity index (χ4n) is 2.38. The molecular weight excluding hydrogens is 278 g/mol. The molecule has 1 aliphatic rings. The summed E-state index contributed by atoms with van der Waals surface area (Å²) >= 11 is 0. The topological polar surface area (TPSA) is 75.6 Å². The molecule has 1 aliphatic carbocycles. The molecule has 0 bridgehead atoms. The molecule has 0 saturated heterocycles. The molecule has 1 saturated carbocycles. The molecule has 2 rings (SSSR count). The zero-order valence-electron chi connectivity index (χ0n) is 12.2. The molecule has 0 spiro atoms. The number of hydrogen-bond acceptors (Lipinski definition) is 4. The Balaban J connectivity index is 2.21. The summed E-state index contributed by atoms with van der Waals surface area (Å²) in [4.78, 5) is 0.216. The van der Waals surface area contributed by atoms with Crippen LogP contribution in [0.15, 0.2) is 23.1 Å². The highest BCUT2D eigenvalue weighted by atomic mass is 32.2. The first-order valence-electron chi connectivity index (χ1n) is 6.53. The Hall–Kier alpha value is -1.11. The van der Waals surface area contributed by atoms with Crippen molar-refractivity contribution >= 4 is 10.0 Å². The number of nitrogens with one attached hydrogen (secondary N) is 1. The van der Waals surface area contributed by atoms with Gasteiger partial charge in [-0.1, -0.05) is 13.8 Å². The lowest BCUT2D eigenvalue weighted by Gasteiger charge is -2.49. The van der Waals surface area contributed by atoms with E-state index < -0.39 is 21.5 Å². The Bertz CT molecular complexity index is 610. The molecule has 112 valence electrons. The van der Waals surface area contributed by atoms with Gasteiger partial charge in [-0.25, -0.2) is 13.1 Å². The number of benzene rings is 1. The molecule has 1 aromatic rings. The van der Waals surface area contributed by atoms with E-state index in [-0.39, 0.29) is 10.9 Å². The number of methoxy groups -OCH3 is 1. The van der Waals surface area contributed by atoms with Crippen LogP contribution < -0.4 is 9.46 Å². The fraction of sp³-hybridized carbons (Fsp3) is 0.571. The molecule has 0 radical (unpaired) electrons. The summed E-state index contributed by atoms with van der Waals surface area (Å²) in [7, 11) is -2.03. The molecule has 5 nitrogen and oxygen atoms in total. The normalized spacial score (nSPS) is 25.1. The summed E-state index contributed by atoms with van der Waals surface area (Å²) in [6, 6.07) is 4.51. The highest BCUT2D eigenvalue weighted by molar-refractivity contribution is 7.89. The van der Waals surface area contributed by atoms with E-state index in [4.69, 9.17) is 4.74 Å². The van der Waals surface area contributed by atoms with Gasteiger partial charge in [0.1, 0.15) is 5.75 Å². The molecule has 0 aromatic heterocycles. The van der Waals surface area contributed by atoms with Crippen molar-refractivity contribution in [1.29, 1.82) is 0 Å². The number of sulfonamides is 1. The Labute approximate surface area is 120 Å². The van der Waals surface area contributed by atoms with Crippen LogP contribution >= 0.6 is 0 Å². The highest BCUT2D eigenvalue weighted by Crippen LogP contribution is 2.41. The largest absolute Gasteiger partial charge is 0.496 e. The van der Waals surface area contributed by atoms with Crippen LogP contribution in [0.2, 0.25) is 0 Å². The minimum atomic E-state index is -3.58. The molecule has 0 amide bonds. The highest BCUT2D eigenvalue weighted by Gasteiger charge is 2.48.